The zero-order valence-corrected chi connectivity index (χ0v) is 20.5. The van der Waals surface area contributed by atoms with Gasteiger partial charge in [-0.25, -0.2) is 0 Å². The van der Waals surface area contributed by atoms with Crippen LogP contribution in [0.3, 0.4) is 0 Å². The van der Waals surface area contributed by atoms with Crippen LogP contribution in [0.15, 0.2) is 60.7 Å². The molecule has 1 saturated heterocycles. The maximum absolute atomic E-state index is 13.4. The van der Waals surface area contributed by atoms with E-state index in [2.05, 4.69) is 12.2 Å². The van der Waals surface area contributed by atoms with Crippen LogP contribution in [0.4, 0.5) is 5.69 Å². The monoisotopic (exact) mass is 482 g/mol. The summed E-state index contributed by atoms with van der Waals surface area (Å²) in [5.74, 6) is 1.53. The lowest BCUT2D eigenvalue weighted by Gasteiger charge is -2.26. The summed E-state index contributed by atoms with van der Waals surface area (Å²) < 4.78 is 10.9. The van der Waals surface area contributed by atoms with Crippen molar-refractivity contribution in [3.8, 4) is 22.6 Å². The third-order valence-electron chi connectivity index (χ3n) is 7.69. The molecular weight excluding hydrogens is 452 g/mol. The fourth-order valence-electron chi connectivity index (χ4n) is 5.30. The number of anilines is 1. The van der Waals surface area contributed by atoms with Crippen molar-refractivity contribution in [2.45, 2.75) is 44.4 Å². The molecule has 2 fully saturated rings. The van der Waals surface area contributed by atoms with Crippen molar-refractivity contribution in [2.75, 3.05) is 25.2 Å². The minimum absolute atomic E-state index is 0.00126. The van der Waals surface area contributed by atoms with E-state index in [4.69, 9.17) is 9.47 Å². The second-order valence-corrected chi connectivity index (χ2v) is 10.1. The topological polar surface area (TPSA) is 67.9 Å². The lowest BCUT2D eigenvalue weighted by Crippen LogP contribution is -2.35. The Bertz CT molecular complexity index is 1320. The van der Waals surface area contributed by atoms with E-state index in [1.165, 1.54) is 6.42 Å². The lowest BCUT2D eigenvalue weighted by atomic mass is 9.94. The largest absolute Gasteiger partial charge is 0.454 e. The Morgan fingerprint density at radius 3 is 2.36 bits per heavy atom. The van der Waals surface area contributed by atoms with Crippen LogP contribution in [-0.2, 0) is 10.2 Å². The Balaban J connectivity index is 1.20. The number of likely N-dealkylation sites (tertiary alicyclic amines) is 1. The highest BCUT2D eigenvalue weighted by atomic mass is 16.7. The van der Waals surface area contributed by atoms with Crippen LogP contribution in [0.25, 0.3) is 11.1 Å². The van der Waals surface area contributed by atoms with Gasteiger partial charge in [0.05, 0.1) is 5.41 Å². The van der Waals surface area contributed by atoms with Crippen molar-refractivity contribution in [3.05, 3.63) is 77.4 Å². The number of hydrogen-bond donors (Lipinski definition) is 1. The summed E-state index contributed by atoms with van der Waals surface area (Å²) in [6, 6.07) is 19.6. The summed E-state index contributed by atoms with van der Waals surface area (Å²) >= 11 is 0. The molecule has 2 heterocycles. The first-order valence-electron chi connectivity index (χ1n) is 12.8. The zero-order valence-electron chi connectivity index (χ0n) is 20.5. The molecule has 2 amide bonds. The maximum atomic E-state index is 13.4. The number of rotatable bonds is 5. The fourth-order valence-corrected chi connectivity index (χ4v) is 5.30. The predicted octanol–water partition coefficient (Wildman–Crippen LogP) is 5.69. The first-order chi connectivity index (χ1) is 17.5. The Morgan fingerprint density at radius 1 is 0.861 bits per heavy atom. The van der Waals surface area contributed by atoms with Gasteiger partial charge in [-0.1, -0.05) is 24.3 Å². The number of fused-ring (bicyclic) bond motifs is 1. The Hall–Kier alpha value is -3.80. The number of amides is 2. The van der Waals surface area contributed by atoms with Gasteiger partial charge < -0.3 is 19.7 Å². The molecule has 1 N–H and O–H groups in total. The summed E-state index contributed by atoms with van der Waals surface area (Å²) in [6.45, 7) is 3.96. The molecule has 1 saturated carbocycles. The zero-order chi connectivity index (χ0) is 24.7. The SMILES string of the molecule is Cc1ccc(NC(=O)C2(c3ccc4c(c3)OCO4)CC2)cc1-c1ccc(C(=O)N2CCCCC2)cc1. The van der Waals surface area contributed by atoms with Crippen molar-refractivity contribution < 1.29 is 19.1 Å². The molecule has 184 valence electrons. The van der Waals surface area contributed by atoms with Gasteiger partial charge in [0.1, 0.15) is 0 Å². The third kappa shape index (κ3) is 4.11. The molecule has 1 aliphatic carbocycles. The van der Waals surface area contributed by atoms with Crippen LogP contribution in [0.1, 0.15) is 53.6 Å². The highest BCUT2D eigenvalue weighted by molar-refractivity contribution is 6.02. The molecule has 3 aromatic carbocycles. The van der Waals surface area contributed by atoms with Gasteiger partial charge in [0, 0.05) is 24.3 Å². The average Bonchev–Trinajstić information content (AvgIpc) is 3.60. The predicted molar refractivity (Wildman–Crippen MR) is 138 cm³/mol. The van der Waals surface area contributed by atoms with Crippen LogP contribution in [0.5, 0.6) is 11.5 Å². The summed E-state index contributed by atoms with van der Waals surface area (Å²) in [4.78, 5) is 28.2. The maximum Gasteiger partial charge on any atom is 0.253 e. The quantitative estimate of drug-likeness (QED) is 0.508. The number of carbonyl (C=O) groups excluding carboxylic acids is 2. The summed E-state index contributed by atoms with van der Waals surface area (Å²) in [5.41, 5.74) is 5.10. The van der Waals surface area contributed by atoms with Gasteiger partial charge in [0.15, 0.2) is 11.5 Å². The number of aryl methyl sites for hydroxylation is 1. The van der Waals surface area contributed by atoms with E-state index in [-0.39, 0.29) is 18.6 Å². The van der Waals surface area contributed by atoms with Crippen molar-refractivity contribution in [2.24, 2.45) is 0 Å². The van der Waals surface area contributed by atoms with E-state index in [1.54, 1.807) is 0 Å². The summed E-state index contributed by atoms with van der Waals surface area (Å²) in [5, 5.41) is 3.15. The number of benzene rings is 3. The number of nitrogens with one attached hydrogen (secondary N) is 1. The molecule has 0 bridgehead atoms. The van der Waals surface area contributed by atoms with E-state index in [1.807, 2.05) is 65.6 Å². The van der Waals surface area contributed by atoms with E-state index in [9.17, 15) is 9.59 Å². The highest BCUT2D eigenvalue weighted by Crippen LogP contribution is 2.51. The Morgan fingerprint density at radius 2 is 1.61 bits per heavy atom. The summed E-state index contributed by atoms with van der Waals surface area (Å²) in [6.07, 6.45) is 4.98. The van der Waals surface area contributed by atoms with Gasteiger partial charge >= 0.3 is 0 Å². The third-order valence-corrected chi connectivity index (χ3v) is 7.69. The van der Waals surface area contributed by atoms with E-state index < -0.39 is 5.41 Å². The van der Waals surface area contributed by atoms with E-state index in [0.29, 0.717) is 5.75 Å². The number of nitrogens with zero attached hydrogens (tertiary/aromatic N) is 1. The van der Waals surface area contributed by atoms with Gasteiger partial charge in [0.2, 0.25) is 12.7 Å². The number of piperidine rings is 1. The molecule has 3 aliphatic rings. The molecule has 6 rings (SSSR count). The smallest absolute Gasteiger partial charge is 0.253 e. The minimum atomic E-state index is -0.525. The fraction of sp³-hybridized carbons (Fsp3) is 0.333. The number of carbonyl (C=O) groups is 2. The standard InChI is InChI=1S/C30H30N2O4/c1-20-5-11-24(31-29(34)30(13-14-30)23-10-12-26-27(17-23)36-19-35-26)18-25(20)21-6-8-22(9-7-21)28(33)32-15-3-2-4-16-32/h5-12,17-18H,2-4,13-16,19H2,1H3,(H,31,34). The first kappa shape index (κ1) is 22.7. The van der Waals surface area contributed by atoms with E-state index in [0.717, 1.165) is 78.0 Å². The van der Waals surface area contributed by atoms with Crippen LogP contribution in [0.2, 0.25) is 0 Å². The first-order valence-corrected chi connectivity index (χ1v) is 12.8. The van der Waals surface area contributed by atoms with Crippen molar-refractivity contribution in [1.29, 1.82) is 0 Å². The molecular formula is C30H30N2O4. The second-order valence-electron chi connectivity index (χ2n) is 10.1. The molecule has 0 unspecified atom stereocenters. The molecule has 0 atom stereocenters. The molecule has 6 nitrogen and oxygen atoms in total. The molecule has 0 aromatic heterocycles. The molecule has 0 radical (unpaired) electrons. The normalized spacial score (nSPS) is 17.5. The van der Waals surface area contributed by atoms with Gasteiger partial charge in [-0.2, -0.15) is 0 Å². The summed E-state index contributed by atoms with van der Waals surface area (Å²) in [7, 11) is 0. The van der Waals surface area contributed by atoms with Crippen LogP contribution in [0, 0.1) is 6.92 Å². The second kappa shape index (κ2) is 9.01. The van der Waals surface area contributed by atoms with Crippen LogP contribution >= 0.6 is 0 Å². The minimum Gasteiger partial charge on any atom is -0.454 e. The Labute approximate surface area is 211 Å². The number of hydrogen-bond acceptors (Lipinski definition) is 4. The van der Waals surface area contributed by atoms with Gasteiger partial charge in [0.25, 0.3) is 5.91 Å². The highest BCUT2D eigenvalue weighted by Gasteiger charge is 2.51. The van der Waals surface area contributed by atoms with Gasteiger partial charge in [-0.15, -0.1) is 0 Å². The van der Waals surface area contributed by atoms with Crippen molar-refractivity contribution in [3.63, 3.8) is 0 Å². The van der Waals surface area contributed by atoms with Crippen molar-refractivity contribution >= 4 is 17.5 Å². The average molecular weight is 483 g/mol. The van der Waals surface area contributed by atoms with Crippen LogP contribution in [-0.4, -0.2) is 36.6 Å². The van der Waals surface area contributed by atoms with Crippen LogP contribution < -0.4 is 14.8 Å². The molecule has 0 spiro atoms. The molecule has 36 heavy (non-hydrogen) atoms. The van der Waals surface area contributed by atoms with Gasteiger partial charge in [-0.05, 0) is 97.7 Å². The molecule has 6 heteroatoms. The molecule has 3 aromatic rings. The number of ether oxygens (including phenoxy) is 2. The van der Waals surface area contributed by atoms with Gasteiger partial charge in [-0.3, -0.25) is 9.59 Å². The molecule has 2 aliphatic heterocycles. The Kier molecular flexibility index (Phi) is 5.67. The van der Waals surface area contributed by atoms with E-state index >= 15 is 0 Å². The van der Waals surface area contributed by atoms with Crippen molar-refractivity contribution in [1.82, 2.24) is 4.90 Å². The lowest BCUT2D eigenvalue weighted by molar-refractivity contribution is -0.118.